The molecule has 1 aliphatic rings. The van der Waals surface area contributed by atoms with Crippen molar-refractivity contribution in [3.8, 4) is 28.8 Å². The predicted octanol–water partition coefficient (Wildman–Crippen LogP) is 1.95. The number of H-pyrrole nitrogens is 1. The van der Waals surface area contributed by atoms with Crippen molar-refractivity contribution in [3.05, 3.63) is 74.4 Å². The molecule has 1 amide bonds. The van der Waals surface area contributed by atoms with E-state index >= 15 is 0 Å². The lowest BCUT2D eigenvalue weighted by molar-refractivity contribution is -0.130. The second kappa shape index (κ2) is 9.37. The molecule has 11 heteroatoms. The number of nitrogens with zero attached hydrogens (tertiary/aromatic N) is 3. The van der Waals surface area contributed by atoms with Gasteiger partial charge in [-0.25, -0.2) is 14.4 Å². The number of nitrogens with one attached hydrogen (secondary N) is 1. The highest BCUT2D eigenvalue weighted by atomic mass is 16.5. The lowest BCUT2D eigenvalue weighted by atomic mass is 9.98. The number of ether oxygens (including phenoxy) is 3. The highest BCUT2D eigenvalue weighted by Gasteiger charge is 2.36. The molecular weight excluding hydrogens is 456 g/mol. The second-order valence-corrected chi connectivity index (χ2v) is 7.70. The molecule has 182 valence electrons. The standard InChI is InChI=1S/C24H24N4O7/c1-13(29)28-18(15-11-14(33-2)9-10-19(15)34-3)12-16(26-28)21-22(30)25-24(32)27(23(21)31)17-7-5-6-8-20(17)35-4/h5-11,18,31H,12H2,1-4H3,(H,25,30,32). The van der Waals surface area contributed by atoms with Gasteiger partial charge in [-0.05, 0) is 30.3 Å². The lowest BCUT2D eigenvalue weighted by Crippen LogP contribution is -2.33. The molecule has 35 heavy (non-hydrogen) atoms. The Bertz CT molecular complexity index is 1440. The Balaban J connectivity index is 1.88. The topological polar surface area (TPSA) is 135 Å². The molecule has 0 saturated heterocycles. The Morgan fingerprint density at radius 3 is 2.43 bits per heavy atom. The summed E-state index contributed by atoms with van der Waals surface area (Å²) in [4.78, 5) is 40.2. The molecule has 1 aliphatic heterocycles. The Morgan fingerprint density at radius 2 is 1.77 bits per heavy atom. The summed E-state index contributed by atoms with van der Waals surface area (Å²) in [5.74, 6) is 0.340. The Hall–Kier alpha value is -4.54. The van der Waals surface area contributed by atoms with Crippen LogP contribution in [0.1, 0.15) is 30.5 Å². The van der Waals surface area contributed by atoms with Gasteiger partial charge in [0.2, 0.25) is 11.8 Å². The summed E-state index contributed by atoms with van der Waals surface area (Å²) in [5, 5.41) is 16.7. The number of carbonyl (C=O) groups excluding carboxylic acids is 1. The number of benzene rings is 2. The maximum Gasteiger partial charge on any atom is 0.335 e. The average Bonchev–Trinajstić information content (AvgIpc) is 3.28. The number of carbonyl (C=O) groups is 1. The normalized spacial score (nSPS) is 15.0. The number of amides is 1. The minimum Gasteiger partial charge on any atom is -0.497 e. The zero-order chi connectivity index (χ0) is 25.3. The van der Waals surface area contributed by atoms with E-state index in [2.05, 4.69) is 10.1 Å². The monoisotopic (exact) mass is 480 g/mol. The summed E-state index contributed by atoms with van der Waals surface area (Å²) < 4.78 is 17.0. The molecule has 1 aromatic heterocycles. The van der Waals surface area contributed by atoms with Crippen LogP contribution in [0.2, 0.25) is 0 Å². The summed E-state index contributed by atoms with van der Waals surface area (Å²) in [7, 11) is 4.44. The van der Waals surface area contributed by atoms with Crippen LogP contribution in [0, 0.1) is 0 Å². The van der Waals surface area contributed by atoms with Gasteiger partial charge in [0.15, 0.2) is 0 Å². The molecule has 0 aliphatic carbocycles. The van der Waals surface area contributed by atoms with Gasteiger partial charge in [0.1, 0.15) is 22.8 Å². The van der Waals surface area contributed by atoms with Crippen LogP contribution in [-0.4, -0.2) is 52.6 Å². The molecule has 2 heterocycles. The van der Waals surface area contributed by atoms with E-state index in [4.69, 9.17) is 14.2 Å². The third kappa shape index (κ3) is 4.12. The molecule has 4 rings (SSSR count). The molecule has 0 radical (unpaired) electrons. The number of rotatable bonds is 6. The molecule has 3 aromatic rings. The van der Waals surface area contributed by atoms with Crippen LogP contribution in [0.3, 0.4) is 0 Å². The fraction of sp³-hybridized carbons (Fsp3) is 0.250. The van der Waals surface area contributed by atoms with E-state index in [9.17, 15) is 19.5 Å². The number of methoxy groups -OCH3 is 3. The highest BCUT2D eigenvalue weighted by Crippen LogP contribution is 2.40. The van der Waals surface area contributed by atoms with Crippen LogP contribution in [0.15, 0.2) is 57.2 Å². The summed E-state index contributed by atoms with van der Waals surface area (Å²) in [5.41, 5.74) is -0.964. The van der Waals surface area contributed by atoms with Gasteiger partial charge < -0.3 is 19.3 Å². The van der Waals surface area contributed by atoms with Crippen molar-refractivity contribution >= 4 is 11.6 Å². The van der Waals surface area contributed by atoms with Crippen LogP contribution < -0.4 is 25.5 Å². The second-order valence-electron chi connectivity index (χ2n) is 7.70. The molecule has 0 fully saturated rings. The van der Waals surface area contributed by atoms with E-state index in [0.717, 1.165) is 4.57 Å². The number of aromatic amines is 1. The Labute approximate surface area is 199 Å². The minimum absolute atomic E-state index is 0.0733. The number of para-hydroxylation sites is 2. The van der Waals surface area contributed by atoms with Gasteiger partial charge in [0.05, 0.1) is 38.8 Å². The van der Waals surface area contributed by atoms with Gasteiger partial charge in [-0.1, -0.05) is 12.1 Å². The number of aromatic hydroxyl groups is 1. The zero-order valence-electron chi connectivity index (χ0n) is 19.6. The quantitative estimate of drug-likeness (QED) is 0.550. The van der Waals surface area contributed by atoms with E-state index in [1.165, 1.54) is 33.3 Å². The van der Waals surface area contributed by atoms with Crippen molar-refractivity contribution in [2.75, 3.05) is 21.3 Å². The first-order chi connectivity index (χ1) is 16.8. The largest absolute Gasteiger partial charge is 0.497 e. The van der Waals surface area contributed by atoms with Crippen LogP contribution >= 0.6 is 0 Å². The van der Waals surface area contributed by atoms with Crippen LogP contribution in [0.25, 0.3) is 5.69 Å². The third-order valence-electron chi connectivity index (χ3n) is 5.73. The van der Waals surface area contributed by atoms with Crippen molar-refractivity contribution in [1.29, 1.82) is 0 Å². The van der Waals surface area contributed by atoms with Crippen LogP contribution in [-0.2, 0) is 4.79 Å². The maximum absolute atomic E-state index is 12.8. The first-order valence-electron chi connectivity index (χ1n) is 10.6. The average molecular weight is 480 g/mol. The van der Waals surface area contributed by atoms with Crippen molar-refractivity contribution in [2.24, 2.45) is 5.10 Å². The molecule has 0 bridgehead atoms. The van der Waals surface area contributed by atoms with E-state index in [0.29, 0.717) is 22.8 Å². The van der Waals surface area contributed by atoms with Crippen LogP contribution in [0.5, 0.6) is 23.1 Å². The number of aromatic nitrogens is 2. The maximum atomic E-state index is 12.8. The number of hydrogen-bond acceptors (Lipinski definition) is 8. The lowest BCUT2D eigenvalue weighted by Gasteiger charge is -2.22. The van der Waals surface area contributed by atoms with Crippen molar-refractivity contribution < 1.29 is 24.1 Å². The molecule has 11 nitrogen and oxygen atoms in total. The van der Waals surface area contributed by atoms with Gasteiger partial charge in [-0.15, -0.1) is 0 Å². The highest BCUT2D eigenvalue weighted by molar-refractivity contribution is 6.04. The Kier molecular flexibility index (Phi) is 6.32. The van der Waals surface area contributed by atoms with Crippen molar-refractivity contribution in [2.45, 2.75) is 19.4 Å². The number of hydrazone groups is 1. The molecule has 1 unspecified atom stereocenters. The van der Waals surface area contributed by atoms with Gasteiger partial charge in [0.25, 0.3) is 5.56 Å². The predicted molar refractivity (Wildman–Crippen MR) is 127 cm³/mol. The summed E-state index contributed by atoms with van der Waals surface area (Å²) in [6.07, 6.45) is 0.0733. The summed E-state index contributed by atoms with van der Waals surface area (Å²) in [6.45, 7) is 1.34. The van der Waals surface area contributed by atoms with E-state index in [1.54, 1.807) is 42.5 Å². The Morgan fingerprint density at radius 1 is 1.06 bits per heavy atom. The molecular formula is C24H24N4O7. The summed E-state index contributed by atoms with van der Waals surface area (Å²) >= 11 is 0. The summed E-state index contributed by atoms with van der Waals surface area (Å²) in [6, 6.07) is 11.0. The SMILES string of the molecule is COc1ccc(OC)c(C2CC(c3c(O)n(-c4ccccc4OC)c(=O)[nH]c3=O)=NN2C(C)=O)c1. The van der Waals surface area contributed by atoms with E-state index in [-0.39, 0.29) is 29.3 Å². The first-order valence-corrected chi connectivity index (χ1v) is 10.6. The van der Waals surface area contributed by atoms with Gasteiger partial charge in [-0.3, -0.25) is 14.6 Å². The third-order valence-corrected chi connectivity index (χ3v) is 5.73. The fourth-order valence-electron chi connectivity index (χ4n) is 4.12. The number of hydrogen-bond donors (Lipinski definition) is 2. The van der Waals surface area contributed by atoms with Gasteiger partial charge >= 0.3 is 5.69 Å². The van der Waals surface area contributed by atoms with E-state index in [1.807, 2.05) is 0 Å². The van der Waals surface area contributed by atoms with Crippen LogP contribution in [0.4, 0.5) is 0 Å². The van der Waals surface area contributed by atoms with E-state index < -0.39 is 23.2 Å². The molecule has 2 aromatic carbocycles. The van der Waals surface area contributed by atoms with Gasteiger partial charge in [0, 0.05) is 18.9 Å². The van der Waals surface area contributed by atoms with Crippen molar-refractivity contribution in [3.63, 3.8) is 0 Å². The molecule has 1 atom stereocenters. The molecule has 2 N–H and O–H groups in total. The van der Waals surface area contributed by atoms with Gasteiger partial charge in [-0.2, -0.15) is 5.10 Å². The molecule has 0 spiro atoms. The fourth-order valence-corrected chi connectivity index (χ4v) is 4.12. The van der Waals surface area contributed by atoms with Crippen molar-refractivity contribution in [1.82, 2.24) is 14.6 Å². The zero-order valence-corrected chi connectivity index (χ0v) is 19.6. The molecule has 0 saturated carbocycles. The first kappa shape index (κ1) is 23.6. The minimum atomic E-state index is -0.853. The smallest absolute Gasteiger partial charge is 0.335 e.